The number of thioether (sulfide) groups is 1. The summed E-state index contributed by atoms with van der Waals surface area (Å²) in [5.74, 6) is -0.242. The van der Waals surface area contributed by atoms with Crippen LogP contribution >= 0.6 is 46.0 Å². The summed E-state index contributed by atoms with van der Waals surface area (Å²) in [4.78, 5) is 16.4. The Labute approximate surface area is 207 Å². The Morgan fingerprint density at radius 3 is 2.85 bits per heavy atom. The van der Waals surface area contributed by atoms with Crippen molar-refractivity contribution >= 4 is 62.8 Å². The number of hydrogen-bond donors (Lipinski definition) is 0. The number of fused-ring (bicyclic) bond motifs is 1. The van der Waals surface area contributed by atoms with Crippen molar-refractivity contribution in [3.8, 4) is 0 Å². The average Bonchev–Trinajstić information content (AvgIpc) is 3.44. The van der Waals surface area contributed by atoms with Crippen molar-refractivity contribution in [2.75, 3.05) is 11.9 Å². The molecule has 33 heavy (non-hydrogen) atoms. The van der Waals surface area contributed by atoms with Crippen LogP contribution < -0.4 is 24.2 Å². The topological polar surface area (TPSA) is 29.1 Å². The molecule has 5 rings (SSSR count). The minimum absolute atomic E-state index is 0.00948. The Bertz CT molecular complexity index is 1540. The molecule has 4 aromatic rings. The molecule has 1 aliphatic heterocycles. The molecular formula is C24H20ClFN3OS3+. The Morgan fingerprint density at radius 1 is 1.21 bits per heavy atom. The molecule has 0 radical (unpaired) electrons. The van der Waals surface area contributed by atoms with E-state index in [9.17, 15) is 9.18 Å². The van der Waals surface area contributed by atoms with Gasteiger partial charge < -0.3 is 4.90 Å². The third-order valence-electron chi connectivity index (χ3n) is 5.42. The molecule has 0 aliphatic carbocycles. The first kappa shape index (κ1) is 22.4. The number of anilines is 1. The first-order valence-corrected chi connectivity index (χ1v) is 13.2. The third-order valence-corrected chi connectivity index (χ3v) is 8.97. The van der Waals surface area contributed by atoms with Gasteiger partial charge >= 0.3 is 0 Å². The van der Waals surface area contributed by atoms with E-state index < -0.39 is 0 Å². The Hall–Kier alpha value is -2.39. The smallest absolute Gasteiger partial charge is 0.271 e. The fraction of sp³-hybridized carbons (Fsp3) is 0.167. The maximum Gasteiger partial charge on any atom is 0.271 e. The molecule has 0 fully saturated rings. The number of rotatable bonds is 4. The molecule has 0 saturated carbocycles. The molecule has 168 valence electrons. The van der Waals surface area contributed by atoms with Gasteiger partial charge in [0.1, 0.15) is 20.0 Å². The molecule has 0 bridgehead atoms. The van der Waals surface area contributed by atoms with E-state index >= 15 is 0 Å². The van der Waals surface area contributed by atoms with Gasteiger partial charge in [0, 0.05) is 29.1 Å². The summed E-state index contributed by atoms with van der Waals surface area (Å²) in [5, 5.41) is 4.61. The van der Waals surface area contributed by atoms with Crippen LogP contribution in [0.1, 0.15) is 17.5 Å². The SMILES string of the molecule is CCn1c(=O)/c(=C2\Sc3cc(Cl)ccc3N2C)s/c1=C\c1scc[n+]1Cc1cccc(F)c1. The largest absolute Gasteiger partial charge is 0.337 e. The summed E-state index contributed by atoms with van der Waals surface area (Å²) in [7, 11) is 1.98. The minimum Gasteiger partial charge on any atom is -0.337 e. The van der Waals surface area contributed by atoms with Crippen LogP contribution in [0.15, 0.2) is 63.7 Å². The van der Waals surface area contributed by atoms with Crippen LogP contribution in [0.3, 0.4) is 0 Å². The van der Waals surface area contributed by atoms with Crippen molar-refractivity contribution in [3.63, 3.8) is 0 Å². The summed E-state index contributed by atoms with van der Waals surface area (Å²) in [6.45, 7) is 3.12. The van der Waals surface area contributed by atoms with Crippen LogP contribution in [0.2, 0.25) is 5.02 Å². The van der Waals surface area contributed by atoms with Gasteiger partial charge in [-0.1, -0.05) is 46.8 Å². The van der Waals surface area contributed by atoms with Crippen LogP contribution in [-0.2, 0) is 13.1 Å². The first-order valence-electron chi connectivity index (χ1n) is 10.3. The summed E-state index contributed by atoms with van der Waals surface area (Å²) >= 11 is 10.8. The lowest BCUT2D eigenvalue weighted by Gasteiger charge is -2.12. The zero-order valence-electron chi connectivity index (χ0n) is 17.9. The fourth-order valence-corrected chi connectivity index (χ4v) is 7.39. The lowest BCUT2D eigenvalue weighted by molar-refractivity contribution is -0.685. The van der Waals surface area contributed by atoms with Gasteiger partial charge in [-0.05, 0) is 37.3 Å². The summed E-state index contributed by atoms with van der Waals surface area (Å²) in [6.07, 6.45) is 4.03. The van der Waals surface area contributed by atoms with E-state index in [-0.39, 0.29) is 11.4 Å². The zero-order valence-corrected chi connectivity index (χ0v) is 21.1. The van der Waals surface area contributed by atoms with Crippen molar-refractivity contribution < 1.29 is 8.96 Å². The highest BCUT2D eigenvalue weighted by atomic mass is 35.5. The molecule has 1 aliphatic rings. The van der Waals surface area contributed by atoms with Crippen molar-refractivity contribution in [3.05, 3.63) is 95.0 Å². The van der Waals surface area contributed by atoms with Gasteiger partial charge in [0.2, 0.25) is 0 Å². The molecule has 9 heteroatoms. The van der Waals surface area contributed by atoms with Crippen LogP contribution in [0.25, 0.3) is 11.1 Å². The maximum absolute atomic E-state index is 13.6. The van der Waals surface area contributed by atoms with Gasteiger partial charge in [-0.15, -0.1) is 11.3 Å². The lowest BCUT2D eigenvalue weighted by atomic mass is 10.2. The van der Waals surface area contributed by atoms with E-state index in [1.807, 2.05) is 60.5 Å². The molecule has 0 atom stereocenters. The van der Waals surface area contributed by atoms with Crippen LogP contribution in [0.4, 0.5) is 10.1 Å². The van der Waals surface area contributed by atoms with E-state index in [0.717, 1.165) is 35.4 Å². The summed E-state index contributed by atoms with van der Waals surface area (Å²) < 4.78 is 19.1. The highest BCUT2D eigenvalue weighted by Crippen LogP contribution is 2.46. The van der Waals surface area contributed by atoms with Crippen molar-refractivity contribution in [1.82, 2.24) is 4.57 Å². The molecule has 0 amide bonds. The molecular weight excluding hydrogens is 497 g/mol. The zero-order chi connectivity index (χ0) is 23.1. The van der Waals surface area contributed by atoms with E-state index in [1.165, 1.54) is 17.4 Å². The summed E-state index contributed by atoms with van der Waals surface area (Å²) in [5.41, 5.74) is 1.95. The molecule has 3 heterocycles. The van der Waals surface area contributed by atoms with Gasteiger partial charge in [-0.2, -0.15) is 4.57 Å². The van der Waals surface area contributed by atoms with Gasteiger partial charge in [-0.3, -0.25) is 9.36 Å². The highest BCUT2D eigenvalue weighted by Gasteiger charge is 2.25. The van der Waals surface area contributed by atoms with Gasteiger partial charge in [0.25, 0.3) is 10.6 Å². The first-order chi connectivity index (χ1) is 15.9. The van der Waals surface area contributed by atoms with E-state index in [0.29, 0.717) is 18.1 Å². The van der Waals surface area contributed by atoms with Gasteiger partial charge in [0.05, 0.1) is 17.1 Å². The van der Waals surface area contributed by atoms with Gasteiger partial charge in [0.15, 0.2) is 12.7 Å². The second kappa shape index (κ2) is 9.10. The Kier molecular flexibility index (Phi) is 6.18. The predicted molar refractivity (Wildman–Crippen MR) is 136 cm³/mol. The molecule has 0 spiro atoms. The average molecular weight is 517 g/mol. The number of benzene rings is 2. The molecule has 2 aromatic carbocycles. The Morgan fingerprint density at radius 2 is 2.06 bits per heavy atom. The monoisotopic (exact) mass is 516 g/mol. The lowest BCUT2D eigenvalue weighted by Crippen LogP contribution is -2.36. The number of aromatic nitrogens is 2. The van der Waals surface area contributed by atoms with Crippen molar-refractivity contribution in [1.29, 1.82) is 0 Å². The standard InChI is InChI=1S/C24H20ClFN3OS3/c1-3-29-21(13-20-28(9-10-31-20)14-15-5-4-6-17(26)11-15)33-22(23(29)30)24-27(2)18-8-7-16(25)12-19(18)32-24/h4-13H,3,14H2,1-2H3/q+1/b24-22+. The van der Waals surface area contributed by atoms with E-state index in [1.54, 1.807) is 35.2 Å². The molecule has 0 unspecified atom stereocenters. The molecule has 2 aromatic heterocycles. The Balaban J connectivity index is 1.60. The number of nitrogens with zero attached hydrogens (tertiary/aromatic N) is 3. The van der Waals surface area contributed by atoms with E-state index in [2.05, 4.69) is 9.47 Å². The second-order valence-electron chi connectivity index (χ2n) is 7.54. The molecule has 0 saturated heterocycles. The second-order valence-corrected chi connectivity index (χ2v) is 11.0. The van der Waals surface area contributed by atoms with E-state index in [4.69, 9.17) is 11.6 Å². The molecule has 0 N–H and O–H groups in total. The van der Waals surface area contributed by atoms with Crippen molar-refractivity contribution in [2.45, 2.75) is 24.9 Å². The normalized spacial score (nSPS) is 15.4. The van der Waals surface area contributed by atoms with Gasteiger partial charge in [-0.25, -0.2) is 4.39 Å². The predicted octanol–water partition coefficient (Wildman–Crippen LogP) is 4.26. The quantitative estimate of drug-likeness (QED) is 0.380. The number of thiazole rings is 2. The third kappa shape index (κ3) is 4.28. The van der Waals surface area contributed by atoms with Crippen LogP contribution in [0.5, 0.6) is 0 Å². The highest BCUT2D eigenvalue weighted by molar-refractivity contribution is 8.08. The maximum atomic E-state index is 13.6. The van der Waals surface area contributed by atoms with Crippen LogP contribution in [-0.4, -0.2) is 11.6 Å². The van der Waals surface area contributed by atoms with Crippen LogP contribution in [0, 0.1) is 5.82 Å². The summed E-state index contributed by atoms with van der Waals surface area (Å²) in [6, 6.07) is 12.4. The fourth-order valence-electron chi connectivity index (χ4n) is 3.80. The number of hydrogen-bond acceptors (Lipinski definition) is 5. The minimum atomic E-state index is -0.242. The molecule has 4 nitrogen and oxygen atoms in total. The number of halogens is 2. The van der Waals surface area contributed by atoms with Crippen molar-refractivity contribution in [2.24, 2.45) is 0 Å².